The van der Waals surface area contributed by atoms with Gasteiger partial charge in [-0.15, -0.1) is 0 Å². The molecule has 0 saturated heterocycles. The molecule has 0 heterocycles. The standard InChI is InChI=1S/C23H31O2P/c1-16-14-18(22(3,4)5)15-17(2)20(16)21(24)26(25,23(6,7)8)19-12-10-9-11-13-19/h9-15H,1-8H3. The van der Waals surface area contributed by atoms with E-state index < -0.39 is 12.3 Å². The van der Waals surface area contributed by atoms with Gasteiger partial charge in [0.15, 0.2) is 7.14 Å². The van der Waals surface area contributed by atoms with Crippen LogP contribution in [0.3, 0.4) is 0 Å². The second kappa shape index (κ2) is 6.82. The van der Waals surface area contributed by atoms with E-state index in [0.29, 0.717) is 10.9 Å². The number of carbonyl (C=O) groups is 1. The first-order valence-corrected chi connectivity index (χ1v) is 10.8. The molecule has 1 unspecified atom stereocenters. The van der Waals surface area contributed by atoms with Crippen LogP contribution in [-0.2, 0) is 9.98 Å². The van der Waals surface area contributed by atoms with Crippen molar-refractivity contribution in [3.05, 3.63) is 64.7 Å². The van der Waals surface area contributed by atoms with Crippen LogP contribution < -0.4 is 5.30 Å². The minimum absolute atomic E-state index is 0.00422. The van der Waals surface area contributed by atoms with Crippen LogP contribution in [0.1, 0.15) is 68.6 Å². The van der Waals surface area contributed by atoms with E-state index in [1.54, 1.807) is 0 Å². The summed E-state index contributed by atoms with van der Waals surface area (Å²) in [6, 6.07) is 13.4. The van der Waals surface area contributed by atoms with E-state index in [4.69, 9.17) is 0 Å². The average Bonchev–Trinajstić information content (AvgIpc) is 2.52. The second-order valence-corrected chi connectivity index (χ2v) is 12.6. The van der Waals surface area contributed by atoms with Gasteiger partial charge in [-0.25, -0.2) is 0 Å². The normalized spacial score (nSPS) is 14.8. The zero-order chi connectivity index (χ0) is 19.9. The second-order valence-electron chi connectivity index (χ2n) is 9.16. The molecular weight excluding hydrogens is 339 g/mol. The molecule has 0 fully saturated rings. The third-order valence-electron chi connectivity index (χ3n) is 4.96. The lowest BCUT2D eigenvalue weighted by molar-refractivity contribution is 0.107. The summed E-state index contributed by atoms with van der Waals surface area (Å²) < 4.78 is 14.2. The first-order valence-electron chi connectivity index (χ1n) is 9.12. The molecule has 0 spiro atoms. The highest BCUT2D eigenvalue weighted by molar-refractivity contribution is 7.88. The van der Waals surface area contributed by atoms with Crippen LogP contribution in [-0.4, -0.2) is 10.7 Å². The van der Waals surface area contributed by atoms with Gasteiger partial charge in [-0.3, -0.25) is 4.79 Å². The van der Waals surface area contributed by atoms with Gasteiger partial charge >= 0.3 is 0 Å². The number of rotatable bonds is 3. The molecule has 1 atom stereocenters. The summed E-state index contributed by atoms with van der Waals surface area (Å²) in [7, 11) is -3.32. The van der Waals surface area contributed by atoms with Crippen molar-refractivity contribution in [2.24, 2.45) is 0 Å². The van der Waals surface area contributed by atoms with Gasteiger partial charge < -0.3 is 4.57 Å². The van der Waals surface area contributed by atoms with E-state index in [9.17, 15) is 9.36 Å². The minimum atomic E-state index is -3.32. The third-order valence-corrected chi connectivity index (χ3v) is 8.67. The SMILES string of the molecule is Cc1cc(C(C)(C)C)cc(C)c1C(=O)P(=O)(c1ccccc1)C(C)(C)C. The molecule has 0 amide bonds. The van der Waals surface area contributed by atoms with Crippen LogP contribution in [0.5, 0.6) is 0 Å². The van der Waals surface area contributed by atoms with Gasteiger partial charge in [0.1, 0.15) is 0 Å². The monoisotopic (exact) mass is 370 g/mol. The zero-order valence-electron chi connectivity index (χ0n) is 17.3. The smallest absolute Gasteiger partial charge is 0.226 e. The summed E-state index contributed by atoms with van der Waals surface area (Å²) in [5.74, 6) is 0. The number of aryl methyl sites for hydroxylation is 2. The van der Waals surface area contributed by atoms with Crippen molar-refractivity contribution >= 4 is 18.0 Å². The average molecular weight is 370 g/mol. The van der Waals surface area contributed by atoms with Gasteiger partial charge in [0, 0.05) is 16.0 Å². The van der Waals surface area contributed by atoms with Crippen LogP contribution in [0.2, 0.25) is 0 Å². The largest absolute Gasteiger partial charge is 0.310 e. The molecule has 2 nitrogen and oxygen atoms in total. The van der Waals surface area contributed by atoms with E-state index in [2.05, 4.69) is 32.9 Å². The van der Waals surface area contributed by atoms with Crippen molar-refractivity contribution in [1.29, 1.82) is 0 Å². The van der Waals surface area contributed by atoms with Crippen LogP contribution in [0.15, 0.2) is 42.5 Å². The topological polar surface area (TPSA) is 34.1 Å². The maximum atomic E-state index is 14.2. The summed E-state index contributed by atoms with van der Waals surface area (Å²) in [4.78, 5) is 13.7. The lowest BCUT2D eigenvalue weighted by Gasteiger charge is -2.31. The Labute approximate surface area is 158 Å². The van der Waals surface area contributed by atoms with Crippen LogP contribution >= 0.6 is 7.14 Å². The quantitative estimate of drug-likeness (QED) is 0.600. The van der Waals surface area contributed by atoms with Crippen molar-refractivity contribution in [3.63, 3.8) is 0 Å². The summed E-state index contributed by atoms with van der Waals surface area (Å²) in [6.45, 7) is 16.1. The highest BCUT2D eigenvalue weighted by Crippen LogP contribution is 2.59. The molecule has 2 aromatic rings. The summed E-state index contributed by atoms with van der Waals surface area (Å²) >= 11 is 0. The summed E-state index contributed by atoms with van der Waals surface area (Å²) in [5, 5.41) is -0.0104. The molecule has 26 heavy (non-hydrogen) atoms. The Kier molecular flexibility index (Phi) is 5.41. The minimum Gasteiger partial charge on any atom is -0.310 e. The summed E-state index contributed by atoms with van der Waals surface area (Å²) in [6.07, 6.45) is 0. The molecule has 0 saturated carbocycles. The fourth-order valence-corrected chi connectivity index (χ4v) is 6.22. The van der Waals surface area contributed by atoms with Crippen molar-refractivity contribution in [2.45, 2.75) is 66.0 Å². The third kappa shape index (κ3) is 3.58. The predicted octanol–water partition coefficient (Wildman–Crippen LogP) is 6.23. The van der Waals surface area contributed by atoms with Gasteiger partial charge in [0.05, 0.1) is 0 Å². The molecule has 0 aliphatic rings. The molecule has 0 N–H and O–H groups in total. The van der Waals surface area contributed by atoms with Crippen molar-refractivity contribution < 1.29 is 9.36 Å². The van der Waals surface area contributed by atoms with E-state index in [0.717, 1.165) is 11.1 Å². The first-order chi connectivity index (χ1) is 11.8. The van der Waals surface area contributed by atoms with E-state index in [-0.39, 0.29) is 10.9 Å². The van der Waals surface area contributed by atoms with Gasteiger partial charge in [-0.05, 0) is 36.0 Å². The lowest BCUT2D eigenvalue weighted by atomic mass is 9.84. The first kappa shape index (κ1) is 20.6. The maximum Gasteiger partial charge on any atom is 0.226 e. The molecule has 140 valence electrons. The molecule has 0 aliphatic carbocycles. The Balaban J connectivity index is 2.71. The predicted molar refractivity (Wildman–Crippen MR) is 112 cm³/mol. The van der Waals surface area contributed by atoms with Crippen LogP contribution in [0, 0.1) is 13.8 Å². The Morgan fingerprint density at radius 3 is 1.69 bits per heavy atom. The number of hydrogen-bond acceptors (Lipinski definition) is 2. The Hall–Kier alpha value is -1.66. The van der Waals surface area contributed by atoms with Gasteiger partial charge in [0.2, 0.25) is 5.52 Å². The molecule has 2 rings (SSSR count). The number of carbonyl (C=O) groups excluding carboxylic acids is 1. The van der Waals surface area contributed by atoms with Crippen LogP contribution in [0.25, 0.3) is 0 Å². The number of hydrogen-bond donors (Lipinski definition) is 0. The van der Waals surface area contributed by atoms with Gasteiger partial charge in [-0.2, -0.15) is 0 Å². The van der Waals surface area contributed by atoms with E-state index >= 15 is 0 Å². The summed E-state index contributed by atoms with van der Waals surface area (Å²) in [5.41, 5.74) is 3.38. The fraction of sp³-hybridized carbons (Fsp3) is 0.435. The Morgan fingerprint density at radius 2 is 1.31 bits per heavy atom. The van der Waals surface area contributed by atoms with Crippen molar-refractivity contribution in [1.82, 2.24) is 0 Å². The van der Waals surface area contributed by atoms with Crippen molar-refractivity contribution in [2.75, 3.05) is 0 Å². The number of benzene rings is 2. The van der Waals surface area contributed by atoms with Crippen LogP contribution in [0.4, 0.5) is 0 Å². The Morgan fingerprint density at radius 1 is 0.846 bits per heavy atom. The van der Waals surface area contributed by atoms with E-state index in [1.807, 2.05) is 65.0 Å². The molecular formula is C23H31O2P. The van der Waals surface area contributed by atoms with E-state index in [1.165, 1.54) is 5.56 Å². The fourth-order valence-electron chi connectivity index (χ4n) is 3.34. The maximum absolute atomic E-state index is 14.2. The zero-order valence-corrected chi connectivity index (χ0v) is 18.2. The molecule has 0 bridgehead atoms. The lowest BCUT2D eigenvalue weighted by Crippen LogP contribution is -2.29. The highest BCUT2D eigenvalue weighted by atomic mass is 31.2. The van der Waals surface area contributed by atoms with Crippen molar-refractivity contribution in [3.8, 4) is 0 Å². The van der Waals surface area contributed by atoms with Gasteiger partial charge in [0.25, 0.3) is 0 Å². The molecule has 2 aromatic carbocycles. The molecule has 0 radical (unpaired) electrons. The highest BCUT2D eigenvalue weighted by Gasteiger charge is 2.46. The molecule has 0 aromatic heterocycles. The van der Waals surface area contributed by atoms with Gasteiger partial charge in [-0.1, -0.05) is 84.0 Å². The molecule has 0 aliphatic heterocycles. The Bertz CT molecular complexity index is 842. The molecule has 3 heteroatoms.